The maximum Gasteiger partial charge on any atom is 0.231 e. The van der Waals surface area contributed by atoms with Crippen LogP contribution in [0.3, 0.4) is 0 Å². The first kappa shape index (κ1) is 17.4. The number of allylic oxidation sites excluding steroid dienone is 1. The van der Waals surface area contributed by atoms with E-state index < -0.39 is 5.79 Å². The third-order valence-electron chi connectivity index (χ3n) is 4.82. The molecule has 4 N–H and O–H groups in total. The molecule has 0 radical (unpaired) electrons. The highest BCUT2D eigenvalue weighted by molar-refractivity contribution is 5.73. The van der Waals surface area contributed by atoms with Gasteiger partial charge in [-0.05, 0) is 36.6 Å². The van der Waals surface area contributed by atoms with E-state index >= 15 is 0 Å². The number of aryl methyl sites for hydroxylation is 1. The molecule has 2 aliphatic heterocycles. The summed E-state index contributed by atoms with van der Waals surface area (Å²) in [5.74, 6) is 1.60. The van der Waals surface area contributed by atoms with Crippen LogP contribution in [-0.4, -0.2) is 18.8 Å². The van der Waals surface area contributed by atoms with Gasteiger partial charge in [-0.15, -0.1) is 0 Å². The number of nitrogens with two attached hydrogens (primary N) is 1. The summed E-state index contributed by atoms with van der Waals surface area (Å²) in [6.07, 6.45) is 5.02. The molecule has 0 bridgehead atoms. The van der Waals surface area contributed by atoms with E-state index in [0.717, 1.165) is 29.3 Å². The molecule has 2 unspecified atom stereocenters. The van der Waals surface area contributed by atoms with Crippen LogP contribution in [0.5, 0.6) is 11.5 Å². The van der Waals surface area contributed by atoms with Crippen molar-refractivity contribution in [2.45, 2.75) is 31.6 Å². The summed E-state index contributed by atoms with van der Waals surface area (Å²) in [5.41, 5.74) is 8.78. The number of benzene rings is 2. The monoisotopic (exact) mass is 364 g/mol. The van der Waals surface area contributed by atoms with Crippen molar-refractivity contribution in [1.82, 2.24) is 10.6 Å². The Labute approximate surface area is 159 Å². The van der Waals surface area contributed by atoms with E-state index in [0.29, 0.717) is 6.42 Å². The first-order valence-corrected chi connectivity index (χ1v) is 9.14. The minimum Gasteiger partial charge on any atom is -0.454 e. The number of nitrogens with one attached hydrogen (secondary N) is 2. The highest BCUT2D eigenvalue weighted by atomic mass is 16.7. The van der Waals surface area contributed by atoms with Crippen molar-refractivity contribution in [3.8, 4) is 11.5 Å². The highest BCUT2D eigenvalue weighted by Gasteiger charge is 2.28. The zero-order valence-corrected chi connectivity index (χ0v) is 15.3. The van der Waals surface area contributed by atoms with Gasteiger partial charge >= 0.3 is 0 Å². The molecule has 2 aliphatic rings. The molecule has 2 aromatic carbocycles. The fourth-order valence-corrected chi connectivity index (χ4v) is 3.33. The summed E-state index contributed by atoms with van der Waals surface area (Å²) in [4.78, 5) is 4.45. The van der Waals surface area contributed by atoms with Gasteiger partial charge in [-0.3, -0.25) is 10.7 Å². The summed E-state index contributed by atoms with van der Waals surface area (Å²) in [5, 5.41) is 6.79. The van der Waals surface area contributed by atoms with Gasteiger partial charge in [0.15, 0.2) is 17.3 Å². The maximum absolute atomic E-state index is 6.49. The Morgan fingerprint density at radius 1 is 1.19 bits per heavy atom. The molecule has 0 saturated heterocycles. The van der Waals surface area contributed by atoms with E-state index in [4.69, 9.17) is 15.2 Å². The number of ether oxygens (including phenoxy) is 2. The lowest BCUT2D eigenvalue weighted by Crippen LogP contribution is -2.55. The molecule has 27 heavy (non-hydrogen) atoms. The van der Waals surface area contributed by atoms with Crippen LogP contribution in [-0.2, 0) is 6.42 Å². The largest absolute Gasteiger partial charge is 0.454 e. The Hall–Kier alpha value is -2.99. The first-order valence-electron chi connectivity index (χ1n) is 9.14. The van der Waals surface area contributed by atoms with Crippen LogP contribution in [0.2, 0.25) is 0 Å². The summed E-state index contributed by atoms with van der Waals surface area (Å²) >= 11 is 0. The second-order valence-corrected chi connectivity index (χ2v) is 6.84. The second kappa shape index (κ2) is 7.32. The van der Waals surface area contributed by atoms with Crippen molar-refractivity contribution >= 4 is 6.21 Å². The lowest BCUT2D eigenvalue weighted by molar-refractivity contribution is 0.173. The lowest BCUT2D eigenvalue weighted by atomic mass is 10.0. The Morgan fingerprint density at radius 2 is 2.04 bits per heavy atom. The van der Waals surface area contributed by atoms with Crippen LogP contribution in [0.1, 0.15) is 30.5 Å². The van der Waals surface area contributed by atoms with E-state index in [1.54, 1.807) is 6.21 Å². The quantitative estimate of drug-likeness (QED) is 0.734. The molecule has 0 spiro atoms. The SMILES string of the molecule is CC(NC1=CC=NC(N)(CCc2cccc3c2OCO3)N1)c1ccccc1. The third kappa shape index (κ3) is 3.90. The van der Waals surface area contributed by atoms with Gasteiger partial charge in [0.05, 0.1) is 0 Å². The first-order chi connectivity index (χ1) is 13.1. The molecule has 2 atom stereocenters. The number of hydrogen-bond acceptors (Lipinski definition) is 6. The van der Waals surface area contributed by atoms with E-state index in [1.165, 1.54) is 5.56 Å². The molecule has 0 saturated carbocycles. The Bertz CT molecular complexity index is 866. The van der Waals surface area contributed by atoms with Crippen LogP contribution in [0.4, 0.5) is 0 Å². The van der Waals surface area contributed by atoms with Crippen LogP contribution < -0.4 is 25.8 Å². The van der Waals surface area contributed by atoms with Crippen molar-refractivity contribution in [3.63, 3.8) is 0 Å². The summed E-state index contributed by atoms with van der Waals surface area (Å²) in [6, 6.07) is 16.4. The summed E-state index contributed by atoms with van der Waals surface area (Å²) < 4.78 is 11.0. The molecule has 0 fully saturated rings. The normalized spacial score (nSPS) is 21.3. The van der Waals surface area contributed by atoms with Crippen LogP contribution in [0, 0.1) is 0 Å². The van der Waals surface area contributed by atoms with Gasteiger partial charge in [0.25, 0.3) is 0 Å². The van der Waals surface area contributed by atoms with Gasteiger partial charge in [-0.25, -0.2) is 0 Å². The van der Waals surface area contributed by atoms with Gasteiger partial charge in [-0.1, -0.05) is 42.5 Å². The molecule has 0 aliphatic carbocycles. The molecule has 6 heteroatoms. The minimum atomic E-state index is -0.865. The molecule has 0 aromatic heterocycles. The van der Waals surface area contributed by atoms with Gasteiger partial charge in [0.2, 0.25) is 6.79 Å². The Kier molecular flexibility index (Phi) is 4.73. The summed E-state index contributed by atoms with van der Waals surface area (Å²) in [7, 11) is 0. The number of hydrogen-bond donors (Lipinski definition) is 3. The molecular weight excluding hydrogens is 340 g/mol. The van der Waals surface area contributed by atoms with E-state index in [9.17, 15) is 0 Å². The smallest absolute Gasteiger partial charge is 0.231 e. The zero-order chi connectivity index (χ0) is 18.7. The van der Waals surface area contributed by atoms with Crippen molar-refractivity contribution < 1.29 is 9.47 Å². The Morgan fingerprint density at radius 3 is 2.89 bits per heavy atom. The van der Waals surface area contributed by atoms with Gasteiger partial charge in [-0.2, -0.15) is 0 Å². The number of nitrogens with zero attached hydrogens (tertiary/aromatic N) is 1. The van der Waals surface area contributed by atoms with Gasteiger partial charge in [0, 0.05) is 18.7 Å². The molecule has 0 amide bonds. The topological polar surface area (TPSA) is 80.9 Å². The lowest BCUT2D eigenvalue weighted by Gasteiger charge is -2.32. The molecule has 4 rings (SSSR count). The zero-order valence-electron chi connectivity index (χ0n) is 15.3. The Balaban J connectivity index is 1.39. The van der Waals surface area contributed by atoms with Crippen molar-refractivity contribution in [3.05, 3.63) is 71.6 Å². The van der Waals surface area contributed by atoms with Crippen molar-refractivity contribution in [2.75, 3.05) is 6.79 Å². The van der Waals surface area contributed by atoms with Crippen molar-refractivity contribution in [1.29, 1.82) is 0 Å². The second-order valence-electron chi connectivity index (χ2n) is 6.84. The van der Waals surface area contributed by atoms with Crippen LogP contribution in [0.15, 0.2) is 65.4 Å². The number of para-hydroxylation sites is 1. The average molecular weight is 364 g/mol. The average Bonchev–Trinajstić information content (AvgIpc) is 3.16. The standard InChI is InChI=1S/C21H24N4O2/c1-15(16-6-3-2-4-7-16)24-19-11-13-23-21(22,25-19)12-10-17-8-5-9-18-20(17)27-14-26-18/h2-9,11,13,15,24-25H,10,12,14,22H2,1H3. The number of aliphatic imine (C=N–C) groups is 1. The highest BCUT2D eigenvalue weighted by Crippen LogP contribution is 2.36. The van der Waals surface area contributed by atoms with Gasteiger partial charge in [0.1, 0.15) is 5.82 Å². The number of fused-ring (bicyclic) bond motifs is 1. The minimum absolute atomic E-state index is 0.156. The van der Waals surface area contributed by atoms with Crippen LogP contribution in [0.25, 0.3) is 0 Å². The van der Waals surface area contributed by atoms with Gasteiger partial charge < -0.3 is 20.1 Å². The fourth-order valence-electron chi connectivity index (χ4n) is 3.33. The van der Waals surface area contributed by atoms with E-state index in [2.05, 4.69) is 34.7 Å². The molecule has 6 nitrogen and oxygen atoms in total. The van der Waals surface area contributed by atoms with E-state index in [1.807, 2.05) is 42.5 Å². The summed E-state index contributed by atoms with van der Waals surface area (Å²) in [6.45, 7) is 2.39. The van der Waals surface area contributed by atoms with Crippen LogP contribution >= 0.6 is 0 Å². The predicted molar refractivity (Wildman–Crippen MR) is 106 cm³/mol. The maximum atomic E-state index is 6.49. The van der Waals surface area contributed by atoms with Crippen molar-refractivity contribution in [2.24, 2.45) is 10.7 Å². The molecule has 2 heterocycles. The fraction of sp³-hybridized carbons (Fsp3) is 0.286. The molecule has 140 valence electrons. The molecule has 2 aromatic rings. The third-order valence-corrected chi connectivity index (χ3v) is 4.82. The number of rotatable bonds is 6. The molecular formula is C21H24N4O2. The van der Waals surface area contributed by atoms with E-state index in [-0.39, 0.29) is 12.8 Å². The predicted octanol–water partition coefficient (Wildman–Crippen LogP) is 2.83.